The molecule has 0 aliphatic rings. The summed E-state index contributed by atoms with van der Waals surface area (Å²) in [5, 5.41) is 0. The van der Waals surface area contributed by atoms with Gasteiger partial charge in [-0.15, -0.1) is 9.05 Å². The van der Waals surface area contributed by atoms with Gasteiger partial charge >= 0.3 is 85.2 Å². The van der Waals surface area contributed by atoms with Gasteiger partial charge in [-0.05, 0) is 0 Å². The Hall–Kier alpha value is 2.65. The van der Waals surface area contributed by atoms with Crippen LogP contribution in [0.4, 0.5) is 0 Å². The molecular formula is H2BaO7PbSi2. The minimum Gasteiger partial charge on any atom is -0.862 e. The van der Waals surface area contributed by atoms with Crippen molar-refractivity contribution in [3.63, 3.8) is 0 Å². The molecule has 0 aromatic heterocycles. The Bertz CT molecular complexity index is 81.6. The fraction of sp³-hybridized carbons (Fsp3) is 0. The van der Waals surface area contributed by atoms with Crippen molar-refractivity contribution in [1.29, 1.82) is 0 Å². The molecule has 0 saturated heterocycles. The SMILES string of the molecule is [Ba+2].[O-][Si]([O-])([O-])O[Si]([O-])(O)O.[Pb+2]. The first-order chi connectivity index (χ1) is 3.71. The van der Waals surface area contributed by atoms with Crippen LogP contribution in [0.25, 0.3) is 0 Å². The van der Waals surface area contributed by atoms with Crippen LogP contribution in [-0.4, -0.2) is 104 Å². The maximum Gasteiger partial charge on any atom is 2.00 e. The van der Waals surface area contributed by atoms with Crippen LogP contribution in [0, 0.1) is 0 Å². The van der Waals surface area contributed by atoms with Crippen LogP contribution in [0.5, 0.6) is 0 Å². The first-order valence-electron chi connectivity index (χ1n) is 1.67. The maximum absolute atomic E-state index is 9.58. The molecule has 0 saturated carbocycles. The summed E-state index contributed by atoms with van der Waals surface area (Å²) in [6.07, 6.45) is 0. The monoisotopic (exact) mass is 516 g/mol. The van der Waals surface area contributed by atoms with Gasteiger partial charge in [0.25, 0.3) is 0 Å². The van der Waals surface area contributed by atoms with Gasteiger partial charge in [-0.25, -0.2) is 0 Å². The Morgan fingerprint density at radius 2 is 1.27 bits per heavy atom. The number of hydrogen-bond acceptors (Lipinski definition) is 7. The van der Waals surface area contributed by atoms with E-state index in [0.29, 0.717) is 0 Å². The molecule has 11 heavy (non-hydrogen) atoms. The zero-order valence-electron chi connectivity index (χ0n) is 5.14. The smallest absolute Gasteiger partial charge is 0.862 e. The van der Waals surface area contributed by atoms with Crippen molar-refractivity contribution in [2.75, 3.05) is 0 Å². The van der Waals surface area contributed by atoms with E-state index < -0.39 is 18.1 Å². The van der Waals surface area contributed by atoms with E-state index in [-0.39, 0.29) is 76.2 Å². The van der Waals surface area contributed by atoms with Crippen LogP contribution in [0.1, 0.15) is 0 Å². The van der Waals surface area contributed by atoms with Gasteiger partial charge in [-0.3, -0.25) is 0 Å². The minimum atomic E-state index is -5.79. The number of rotatable bonds is 2. The third-order valence-corrected chi connectivity index (χ3v) is 2.32. The van der Waals surface area contributed by atoms with E-state index in [1.54, 1.807) is 0 Å². The molecule has 0 fully saturated rings. The summed E-state index contributed by atoms with van der Waals surface area (Å²) in [7, 11) is -11.2. The van der Waals surface area contributed by atoms with Crippen molar-refractivity contribution in [3.8, 4) is 0 Å². The summed E-state index contributed by atoms with van der Waals surface area (Å²) in [6, 6.07) is 0. The zero-order valence-corrected chi connectivity index (χ0v) is 15.5. The minimum absolute atomic E-state index is 0. The van der Waals surface area contributed by atoms with E-state index >= 15 is 0 Å². The molecule has 58 valence electrons. The average Bonchev–Trinajstić information content (AvgIpc) is 1.14. The first-order valence-corrected chi connectivity index (χ1v) is 5.02. The molecule has 0 aromatic carbocycles. The van der Waals surface area contributed by atoms with Gasteiger partial charge in [0, 0.05) is 0 Å². The van der Waals surface area contributed by atoms with Crippen molar-refractivity contribution in [1.82, 2.24) is 0 Å². The van der Waals surface area contributed by atoms with Gasteiger partial charge in [-0.1, -0.05) is 0 Å². The van der Waals surface area contributed by atoms with Gasteiger partial charge in [0.05, 0.1) is 0 Å². The molecule has 0 aromatic rings. The summed E-state index contributed by atoms with van der Waals surface area (Å²) in [5.41, 5.74) is 0. The second-order valence-electron chi connectivity index (χ2n) is 1.15. The van der Waals surface area contributed by atoms with E-state index in [2.05, 4.69) is 4.12 Å². The van der Waals surface area contributed by atoms with E-state index in [1.807, 2.05) is 0 Å². The predicted octanol–water partition coefficient (Wildman–Crippen LogP) is -7.46. The van der Waals surface area contributed by atoms with Crippen molar-refractivity contribution < 1.29 is 32.9 Å². The second kappa shape index (κ2) is 7.01. The molecule has 0 atom stereocenters. The summed E-state index contributed by atoms with van der Waals surface area (Å²) in [4.78, 5) is 53.3. The summed E-state index contributed by atoms with van der Waals surface area (Å²) >= 11 is 0. The summed E-state index contributed by atoms with van der Waals surface area (Å²) < 4.78 is 2.79. The fourth-order valence-corrected chi connectivity index (χ4v) is 1.47. The number of hydrogen-bond donors (Lipinski definition) is 2. The van der Waals surface area contributed by atoms with Crippen LogP contribution in [0.15, 0.2) is 0 Å². The largest absolute Gasteiger partial charge is 2.00 e. The Kier molecular flexibility index (Phi) is 12.3. The molecule has 0 unspecified atom stereocenters. The van der Waals surface area contributed by atoms with E-state index in [4.69, 9.17) is 9.59 Å². The molecule has 0 aliphatic carbocycles. The zero-order chi connectivity index (χ0) is 7.71. The molecule has 2 N–H and O–H groups in total. The predicted molar refractivity (Wildman–Crippen MR) is 28.5 cm³/mol. The standard InChI is InChI=1S/Ba.H2O7Si2.Pb/c;1-8(2,3)7-9(4,5)6;/h;1-2H;/q+2;-4;+2. The molecule has 7 nitrogen and oxygen atoms in total. The summed E-state index contributed by atoms with van der Waals surface area (Å²) in [6.45, 7) is 0. The second-order valence-corrected chi connectivity index (χ2v) is 4.06. The molecule has 0 spiro atoms. The van der Waals surface area contributed by atoms with Crippen molar-refractivity contribution in [2.45, 2.75) is 0 Å². The van der Waals surface area contributed by atoms with Crippen molar-refractivity contribution in [2.24, 2.45) is 0 Å². The molecule has 0 heterocycles. The van der Waals surface area contributed by atoms with Gasteiger partial charge in [0.2, 0.25) is 0 Å². The van der Waals surface area contributed by atoms with Crippen LogP contribution in [0.3, 0.4) is 0 Å². The molecular weight excluding hydrogens is 513 g/mol. The van der Waals surface area contributed by atoms with E-state index in [1.165, 1.54) is 0 Å². The Balaban J connectivity index is -0.000000320. The van der Waals surface area contributed by atoms with Crippen molar-refractivity contribution in [3.05, 3.63) is 0 Å². The normalized spacial score (nSPS) is 11.5. The molecule has 2 radical (unpaired) electrons. The molecule has 0 bridgehead atoms. The van der Waals surface area contributed by atoms with E-state index in [9.17, 15) is 19.2 Å². The fourth-order valence-electron chi connectivity index (χ4n) is 0.163. The first kappa shape index (κ1) is 19.3. The molecule has 0 amide bonds. The van der Waals surface area contributed by atoms with Gasteiger partial charge in [0.1, 0.15) is 0 Å². The van der Waals surface area contributed by atoms with Gasteiger partial charge in [0.15, 0.2) is 0 Å². The van der Waals surface area contributed by atoms with Gasteiger partial charge < -0.3 is 32.9 Å². The Morgan fingerprint density at radius 1 is 1.00 bits per heavy atom. The quantitative estimate of drug-likeness (QED) is 0.349. The third kappa shape index (κ3) is 19.2. The van der Waals surface area contributed by atoms with Crippen molar-refractivity contribution >= 4 is 94.3 Å². The Labute approximate surface area is 125 Å². The Morgan fingerprint density at radius 3 is 1.27 bits per heavy atom. The third-order valence-electron chi connectivity index (χ3n) is 0.258. The molecule has 11 heteroatoms. The topological polar surface area (TPSA) is 142 Å². The average molecular weight is 515 g/mol. The van der Waals surface area contributed by atoms with Crippen LogP contribution in [-0.2, 0) is 4.12 Å². The van der Waals surface area contributed by atoms with Crippen LogP contribution in [0.2, 0.25) is 0 Å². The van der Waals surface area contributed by atoms with Gasteiger partial charge in [-0.2, -0.15) is 0 Å². The maximum atomic E-state index is 9.58. The van der Waals surface area contributed by atoms with E-state index in [0.717, 1.165) is 0 Å². The van der Waals surface area contributed by atoms with Crippen LogP contribution >= 0.6 is 0 Å². The molecule has 0 aliphatic heterocycles. The van der Waals surface area contributed by atoms with Crippen LogP contribution < -0.4 is 19.2 Å². The summed E-state index contributed by atoms with van der Waals surface area (Å²) in [5.74, 6) is 0. The molecule has 0 rings (SSSR count).